The molecule has 0 aliphatic heterocycles. The molecule has 0 aliphatic rings. The second-order valence-electron chi connectivity index (χ2n) is 5.00. The van der Waals surface area contributed by atoms with Gasteiger partial charge in [0.05, 0.1) is 0 Å². The van der Waals surface area contributed by atoms with Crippen LogP contribution in [0.25, 0.3) is 0 Å². The Balaban J connectivity index is 2.10. The Morgan fingerprint density at radius 1 is 1.19 bits per heavy atom. The van der Waals surface area contributed by atoms with E-state index in [9.17, 15) is 8.78 Å². The molecule has 0 spiro atoms. The number of ether oxygens (including phenoxy) is 1. The van der Waals surface area contributed by atoms with Gasteiger partial charge in [0.25, 0.3) is 0 Å². The minimum Gasteiger partial charge on any atom is -0.489 e. The molecule has 0 aromatic heterocycles. The summed E-state index contributed by atoms with van der Waals surface area (Å²) in [6.07, 6.45) is 0.556. The van der Waals surface area contributed by atoms with Gasteiger partial charge >= 0.3 is 0 Å². The molecule has 0 bridgehead atoms. The zero-order valence-corrected chi connectivity index (χ0v) is 13.2. The average Bonchev–Trinajstić information content (AvgIpc) is 2.36. The van der Waals surface area contributed by atoms with E-state index in [1.807, 2.05) is 6.92 Å². The van der Waals surface area contributed by atoms with Crippen molar-refractivity contribution in [2.45, 2.75) is 26.0 Å². The van der Waals surface area contributed by atoms with Crippen molar-refractivity contribution in [2.75, 3.05) is 0 Å². The monoisotopic (exact) mass is 355 g/mol. The first-order chi connectivity index (χ1) is 9.94. The zero-order chi connectivity index (χ0) is 15.4. The molecule has 1 atom stereocenters. The predicted octanol–water partition coefficient (Wildman–Crippen LogP) is 4.20. The molecular formula is C16H16BrF2NO. The second kappa shape index (κ2) is 7.00. The molecule has 0 radical (unpaired) electrons. The van der Waals surface area contributed by atoms with Crippen LogP contribution in [0.2, 0.25) is 0 Å². The normalized spacial score (nSPS) is 12.2. The Bertz CT molecular complexity index is 632. The summed E-state index contributed by atoms with van der Waals surface area (Å²) in [5.74, 6) is -0.385. The van der Waals surface area contributed by atoms with Gasteiger partial charge in [-0.1, -0.05) is 22.0 Å². The van der Waals surface area contributed by atoms with Gasteiger partial charge in [-0.05, 0) is 43.2 Å². The Morgan fingerprint density at radius 3 is 2.62 bits per heavy atom. The quantitative estimate of drug-likeness (QED) is 0.872. The molecule has 2 N–H and O–H groups in total. The van der Waals surface area contributed by atoms with E-state index in [1.54, 1.807) is 18.2 Å². The predicted molar refractivity (Wildman–Crippen MR) is 82.2 cm³/mol. The molecule has 0 heterocycles. The smallest absolute Gasteiger partial charge is 0.130 e. The summed E-state index contributed by atoms with van der Waals surface area (Å²) in [4.78, 5) is 0. The first kappa shape index (κ1) is 15.9. The third kappa shape index (κ3) is 4.79. The molecule has 0 fully saturated rings. The molecule has 112 valence electrons. The molecule has 5 heteroatoms. The lowest BCUT2D eigenvalue weighted by Crippen LogP contribution is -2.17. The number of hydrogen-bond donors (Lipinski definition) is 1. The third-order valence-corrected chi connectivity index (χ3v) is 3.39. The topological polar surface area (TPSA) is 35.2 Å². The van der Waals surface area contributed by atoms with E-state index < -0.39 is 0 Å². The maximum absolute atomic E-state index is 13.7. The van der Waals surface area contributed by atoms with E-state index in [1.165, 1.54) is 18.2 Å². The van der Waals surface area contributed by atoms with E-state index in [4.69, 9.17) is 10.5 Å². The van der Waals surface area contributed by atoms with Crippen LogP contribution in [0.5, 0.6) is 5.75 Å². The fourth-order valence-corrected chi connectivity index (χ4v) is 2.33. The van der Waals surface area contributed by atoms with Crippen LogP contribution >= 0.6 is 15.9 Å². The molecular weight excluding hydrogens is 340 g/mol. The summed E-state index contributed by atoms with van der Waals surface area (Å²) in [7, 11) is 0. The summed E-state index contributed by atoms with van der Waals surface area (Å²) in [5.41, 5.74) is 6.88. The number of benzene rings is 2. The lowest BCUT2D eigenvalue weighted by molar-refractivity contribution is 0.298. The van der Waals surface area contributed by atoms with Crippen LogP contribution in [-0.4, -0.2) is 6.04 Å². The van der Waals surface area contributed by atoms with Crippen molar-refractivity contribution in [3.8, 4) is 5.75 Å². The minimum absolute atomic E-state index is 0.0419. The molecule has 21 heavy (non-hydrogen) atoms. The number of rotatable bonds is 5. The lowest BCUT2D eigenvalue weighted by Gasteiger charge is -2.11. The van der Waals surface area contributed by atoms with Gasteiger partial charge in [0.2, 0.25) is 0 Å². The zero-order valence-electron chi connectivity index (χ0n) is 11.6. The van der Waals surface area contributed by atoms with Gasteiger partial charge in [0, 0.05) is 22.1 Å². The highest BCUT2D eigenvalue weighted by Crippen LogP contribution is 2.21. The average molecular weight is 356 g/mol. The summed E-state index contributed by atoms with van der Waals surface area (Å²) >= 11 is 3.19. The van der Waals surface area contributed by atoms with Gasteiger partial charge in [-0.25, -0.2) is 8.78 Å². The van der Waals surface area contributed by atoms with Crippen molar-refractivity contribution in [3.63, 3.8) is 0 Å². The number of hydrogen-bond acceptors (Lipinski definition) is 2. The molecule has 2 rings (SSSR count). The first-order valence-electron chi connectivity index (χ1n) is 6.56. The van der Waals surface area contributed by atoms with Crippen LogP contribution in [0.4, 0.5) is 8.78 Å². The highest BCUT2D eigenvalue weighted by molar-refractivity contribution is 9.10. The highest BCUT2D eigenvalue weighted by atomic mass is 79.9. The van der Waals surface area contributed by atoms with E-state index >= 15 is 0 Å². The van der Waals surface area contributed by atoms with E-state index in [0.717, 1.165) is 5.56 Å². The van der Waals surface area contributed by atoms with E-state index in [2.05, 4.69) is 15.9 Å². The Labute approximate surface area is 131 Å². The van der Waals surface area contributed by atoms with Crippen LogP contribution < -0.4 is 10.5 Å². The minimum atomic E-state index is -0.389. The van der Waals surface area contributed by atoms with E-state index in [-0.39, 0.29) is 24.3 Å². The van der Waals surface area contributed by atoms with Crippen molar-refractivity contribution >= 4 is 15.9 Å². The summed E-state index contributed by atoms with van der Waals surface area (Å²) < 4.78 is 33.4. The summed E-state index contributed by atoms with van der Waals surface area (Å²) in [5, 5.41) is 0. The van der Waals surface area contributed by atoms with Crippen molar-refractivity contribution in [1.82, 2.24) is 0 Å². The van der Waals surface area contributed by atoms with Crippen molar-refractivity contribution in [3.05, 3.63) is 63.6 Å². The van der Waals surface area contributed by atoms with Gasteiger partial charge in [0.15, 0.2) is 0 Å². The lowest BCUT2D eigenvalue weighted by atomic mass is 10.1. The molecule has 0 amide bonds. The Morgan fingerprint density at radius 2 is 1.95 bits per heavy atom. The largest absolute Gasteiger partial charge is 0.489 e. The standard InChI is InChI=1S/C16H16BrF2NO/c1-10(20)4-11-5-14(18)8-15(6-11)21-9-12-2-3-13(17)7-16(12)19/h2-3,5-8,10H,4,9,20H2,1H3. The number of halogens is 3. The van der Waals surface area contributed by atoms with E-state index in [0.29, 0.717) is 22.2 Å². The van der Waals surface area contributed by atoms with Crippen LogP contribution in [0.15, 0.2) is 40.9 Å². The third-order valence-electron chi connectivity index (χ3n) is 2.90. The van der Waals surface area contributed by atoms with Gasteiger partial charge in [-0.15, -0.1) is 0 Å². The molecule has 1 unspecified atom stereocenters. The number of nitrogens with two attached hydrogens (primary N) is 1. The second-order valence-corrected chi connectivity index (χ2v) is 5.92. The van der Waals surface area contributed by atoms with Gasteiger partial charge in [-0.2, -0.15) is 0 Å². The van der Waals surface area contributed by atoms with Gasteiger partial charge < -0.3 is 10.5 Å². The molecule has 0 saturated heterocycles. The Kier molecular flexibility index (Phi) is 5.31. The van der Waals surface area contributed by atoms with Gasteiger partial charge in [0.1, 0.15) is 24.0 Å². The van der Waals surface area contributed by atoms with Crippen LogP contribution in [0.3, 0.4) is 0 Å². The summed E-state index contributed by atoms with van der Waals surface area (Å²) in [6, 6.07) is 9.09. The highest BCUT2D eigenvalue weighted by Gasteiger charge is 2.07. The summed E-state index contributed by atoms with van der Waals surface area (Å²) in [6.45, 7) is 1.89. The van der Waals surface area contributed by atoms with Crippen LogP contribution in [0.1, 0.15) is 18.1 Å². The molecule has 2 nitrogen and oxygen atoms in total. The first-order valence-corrected chi connectivity index (χ1v) is 7.35. The van der Waals surface area contributed by atoms with Crippen molar-refractivity contribution in [1.29, 1.82) is 0 Å². The molecule has 0 saturated carbocycles. The van der Waals surface area contributed by atoms with Crippen LogP contribution in [-0.2, 0) is 13.0 Å². The van der Waals surface area contributed by atoms with Crippen molar-refractivity contribution in [2.24, 2.45) is 5.73 Å². The molecule has 2 aromatic carbocycles. The Hall–Kier alpha value is -1.46. The fourth-order valence-electron chi connectivity index (χ4n) is 1.99. The maximum atomic E-state index is 13.7. The molecule has 0 aliphatic carbocycles. The van der Waals surface area contributed by atoms with Gasteiger partial charge in [-0.3, -0.25) is 0 Å². The fraction of sp³-hybridized carbons (Fsp3) is 0.250. The SMILES string of the molecule is CC(N)Cc1cc(F)cc(OCc2ccc(Br)cc2F)c1. The van der Waals surface area contributed by atoms with Crippen molar-refractivity contribution < 1.29 is 13.5 Å². The van der Waals surface area contributed by atoms with Crippen LogP contribution in [0, 0.1) is 11.6 Å². The molecule has 2 aromatic rings. The maximum Gasteiger partial charge on any atom is 0.130 e.